The largest absolute Gasteiger partial charge is 0.508 e. The third kappa shape index (κ3) is 5.81. The highest BCUT2D eigenvalue weighted by atomic mass is 16.5. The lowest BCUT2D eigenvalue weighted by Crippen LogP contribution is -1.83. The van der Waals surface area contributed by atoms with Gasteiger partial charge >= 0.3 is 0 Å². The first-order valence-electron chi connectivity index (χ1n) is 9.68. The fraction of sp³-hybridized carbons (Fsp3) is 0. The molecule has 31 heavy (non-hydrogen) atoms. The number of aromatic hydroxyl groups is 2. The van der Waals surface area contributed by atoms with Gasteiger partial charge < -0.3 is 14.9 Å². The van der Waals surface area contributed by atoms with Crippen molar-refractivity contribution in [1.82, 2.24) is 0 Å². The average molecular weight is 408 g/mol. The molecule has 0 fully saturated rings. The zero-order chi connectivity index (χ0) is 21.5. The molecule has 5 nitrogen and oxygen atoms in total. The van der Waals surface area contributed by atoms with E-state index in [1.165, 1.54) is 0 Å². The van der Waals surface area contributed by atoms with Crippen molar-refractivity contribution in [1.29, 1.82) is 0 Å². The molecule has 0 saturated carbocycles. The van der Waals surface area contributed by atoms with Crippen LogP contribution in [0.1, 0.15) is 11.1 Å². The van der Waals surface area contributed by atoms with E-state index in [1.807, 2.05) is 48.5 Å². The molecule has 4 rings (SSSR count). The normalized spacial score (nSPS) is 11.2. The van der Waals surface area contributed by atoms with Gasteiger partial charge in [-0.05, 0) is 108 Å². The molecule has 4 aromatic rings. The minimum Gasteiger partial charge on any atom is -0.508 e. The zero-order valence-electron chi connectivity index (χ0n) is 16.6. The lowest BCUT2D eigenvalue weighted by atomic mass is 10.2. The fourth-order valence-corrected chi connectivity index (χ4v) is 2.76. The van der Waals surface area contributed by atoms with Crippen LogP contribution in [-0.2, 0) is 0 Å². The molecule has 0 unspecified atom stereocenters. The van der Waals surface area contributed by atoms with Gasteiger partial charge in [0.1, 0.15) is 23.0 Å². The molecule has 0 atom stereocenters. The number of nitrogens with zero attached hydrogens (tertiary/aromatic N) is 2. The molecule has 0 aliphatic carbocycles. The smallest absolute Gasteiger partial charge is 0.127 e. The maximum atomic E-state index is 9.32. The maximum absolute atomic E-state index is 9.32. The second-order valence-electron chi connectivity index (χ2n) is 6.79. The van der Waals surface area contributed by atoms with Crippen LogP contribution in [0.4, 0.5) is 11.4 Å². The number of hydrogen-bond acceptors (Lipinski definition) is 5. The molecule has 4 aromatic carbocycles. The van der Waals surface area contributed by atoms with Gasteiger partial charge in [-0.15, -0.1) is 0 Å². The summed E-state index contributed by atoms with van der Waals surface area (Å²) in [5.41, 5.74) is 3.43. The highest BCUT2D eigenvalue weighted by Gasteiger charge is 1.99. The van der Waals surface area contributed by atoms with E-state index in [2.05, 4.69) is 9.98 Å². The summed E-state index contributed by atoms with van der Waals surface area (Å²) in [5.74, 6) is 1.89. The Morgan fingerprint density at radius 2 is 0.839 bits per heavy atom. The summed E-state index contributed by atoms with van der Waals surface area (Å²) in [7, 11) is 0. The lowest BCUT2D eigenvalue weighted by Gasteiger charge is -2.06. The first-order chi connectivity index (χ1) is 15.1. The Balaban J connectivity index is 1.35. The molecule has 0 spiro atoms. The van der Waals surface area contributed by atoms with Gasteiger partial charge in [0.15, 0.2) is 0 Å². The van der Waals surface area contributed by atoms with Gasteiger partial charge in [-0.25, -0.2) is 0 Å². The van der Waals surface area contributed by atoms with E-state index in [4.69, 9.17) is 4.74 Å². The molecular weight excluding hydrogens is 388 g/mol. The van der Waals surface area contributed by atoms with Crippen molar-refractivity contribution < 1.29 is 14.9 Å². The van der Waals surface area contributed by atoms with Gasteiger partial charge in [-0.2, -0.15) is 0 Å². The molecular formula is C26H20N2O3. The first-order valence-corrected chi connectivity index (χ1v) is 9.68. The standard InChI is InChI=1S/C26H20N2O3/c29-23-9-1-19(2-10-23)17-27-21-5-13-25(14-6-21)31-26-15-7-22(8-16-26)28-18-20-3-11-24(30)12-4-20/h1-18,29-30H. The summed E-state index contributed by atoms with van der Waals surface area (Å²) in [6, 6.07) is 28.7. The summed E-state index contributed by atoms with van der Waals surface area (Å²) in [6.45, 7) is 0. The van der Waals surface area contributed by atoms with Gasteiger partial charge in [-0.3, -0.25) is 9.98 Å². The Hall–Kier alpha value is -4.38. The van der Waals surface area contributed by atoms with Crippen LogP contribution in [-0.4, -0.2) is 22.6 Å². The molecule has 5 heteroatoms. The average Bonchev–Trinajstić information content (AvgIpc) is 2.80. The minimum absolute atomic E-state index is 0.232. The van der Waals surface area contributed by atoms with Crippen LogP contribution in [0.15, 0.2) is 107 Å². The van der Waals surface area contributed by atoms with Crippen molar-refractivity contribution in [2.75, 3.05) is 0 Å². The molecule has 0 radical (unpaired) electrons. The molecule has 0 saturated heterocycles. The number of phenolic OH excluding ortho intramolecular Hbond substituents is 2. The van der Waals surface area contributed by atoms with Crippen LogP contribution in [0, 0.1) is 0 Å². The van der Waals surface area contributed by atoms with E-state index in [0.717, 1.165) is 22.5 Å². The lowest BCUT2D eigenvalue weighted by molar-refractivity contribution is 0.475. The summed E-state index contributed by atoms with van der Waals surface area (Å²) in [5, 5.41) is 18.6. The van der Waals surface area contributed by atoms with Crippen LogP contribution < -0.4 is 4.74 Å². The van der Waals surface area contributed by atoms with Crippen molar-refractivity contribution in [3.05, 3.63) is 108 Å². The number of rotatable bonds is 6. The van der Waals surface area contributed by atoms with Gasteiger partial charge in [0.2, 0.25) is 0 Å². The van der Waals surface area contributed by atoms with E-state index in [9.17, 15) is 10.2 Å². The monoisotopic (exact) mass is 408 g/mol. The predicted octanol–water partition coefficient (Wildman–Crippen LogP) is 6.39. The molecule has 152 valence electrons. The zero-order valence-corrected chi connectivity index (χ0v) is 16.6. The van der Waals surface area contributed by atoms with Crippen molar-refractivity contribution >= 4 is 23.8 Å². The number of benzene rings is 4. The van der Waals surface area contributed by atoms with Crippen molar-refractivity contribution in [2.24, 2.45) is 9.98 Å². The summed E-state index contributed by atoms with van der Waals surface area (Å²) in [6.07, 6.45) is 3.49. The number of ether oxygens (including phenoxy) is 1. The Morgan fingerprint density at radius 1 is 0.484 bits per heavy atom. The van der Waals surface area contributed by atoms with Crippen molar-refractivity contribution in [3.8, 4) is 23.0 Å². The van der Waals surface area contributed by atoms with E-state index in [-0.39, 0.29) is 11.5 Å². The quantitative estimate of drug-likeness (QED) is 0.363. The Bertz CT molecular complexity index is 1080. The van der Waals surface area contributed by atoms with Crippen LogP contribution >= 0.6 is 0 Å². The van der Waals surface area contributed by atoms with Crippen LogP contribution in [0.3, 0.4) is 0 Å². The highest BCUT2D eigenvalue weighted by molar-refractivity contribution is 5.82. The summed E-state index contributed by atoms with van der Waals surface area (Å²) in [4.78, 5) is 8.85. The second kappa shape index (κ2) is 9.41. The van der Waals surface area contributed by atoms with Crippen molar-refractivity contribution in [3.63, 3.8) is 0 Å². The highest BCUT2D eigenvalue weighted by Crippen LogP contribution is 2.26. The third-order valence-corrected chi connectivity index (χ3v) is 4.42. The minimum atomic E-state index is 0.232. The topological polar surface area (TPSA) is 74.4 Å². The van der Waals surface area contributed by atoms with Gasteiger partial charge in [0, 0.05) is 12.4 Å². The molecule has 0 heterocycles. The summed E-state index contributed by atoms with van der Waals surface area (Å²) < 4.78 is 5.88. The molecule has 0 aliphatic heterocycles. The Labute approximate surface area is 180 Å². The third-order valence-electron chi connectivity index (χ3n) is 4.42. The maximum Gasteiger partial charge on any atom is 0.127 e. The fourth-order valence-electron chi connectivity index (χ4n) is 2.76. The molecule has 0 amide bonds. The molecule has 0 aromatic heterocycles. The van der Waals surface area contributed by atoms with E-state index in [1.54, 1.807) is 61.0 Å². The molecule has 0 aliphatic rings. The Morgan fingerprint density at radius 3 is 1.19 bits per heavy atom. The van der Waals surface area contributed by atoms with Gasteiger partial charge in [0.25, 0.3) is 0 Å². The second-order valence-corrected chi connectivity index (χ2v) is 6.79. The number of hydrogen-bond donors (Lipinski definition) is 2. The number of aliphatic imine (C=N–C) groups is 2. The Kier molecular flexibility index (Phi) is 6.05. The van der Waals surface area contributed by atoms with Crippen molar-refractivity contribution in [2.45, 2.75) is 0 Å². The van der Waals surface area contributed by atoms with E-state index in [0.29, 0.717) is 11.5 Å². The van der Waals surface area contributed by atoms with Crippen LogP contribution in [0.5, 0.6) is 23.0 Å². The van der Waals surface area contributed by atoms with Gasteiger partial charge in [-0.1, -0.05) is 0 Å². The molecule has 2 N–H and O–H groups in total. The van der Waals surface area contributed by atoms with E-state index < -0.39 is 0 Å². The predicted molar refractivity (Wildman–Crippen MR) is 124 cm³/mol. The van der Waals surface area contributed by atoms with Crippen LogP contribution in [0.2, 0.25) is 0 Å². The SMILES string of the molecule is Oc1ccc(C=Nc2ccc(Oc3ccc(N=Cc4ccc(O)cc4)cc3)cc2)cc1. The van der Waals surface area contributed by atoms with Crippen LogP contribution in [0.25, 0.3) is 0 Å². The molecule has 0 bridgehead atoms. The first kappa shape index (κ1) is 19.9. The number of phenols is 2. The summed E-state index contributed by atoms with van der Waals surface area (Å²) >= 11 is 0. The van der Waals surface area contributed by atoms with E-state index >= 15 is 0 Å². The van der Waals surface area contributed by atoms with Gasteiger partial charge in [0.05, 0.1) is 11.4 Å².